The van der Waals surface area contributed by atoms with Gasteiger partial charge in [0.25, 0.3) is 0 Å². The van der Waals surface area contributed by atoms with Crippen LogP contribution >= 0.6 is 12.4 Å². The first-order chi connectivity index (χ1) is 11.5. The number of nitrogens with zero attached hydrogens (tertiary/aromatic N) is 2. The standard InChI is InChI=1S/C19H24N2O2S.ClH/c1-16-8-9-19(14-17(16)2)24(22,23)21-12-10-20(11-13-21)15-18-6-4-3-5-7-18;/h3-9,14H,10-13,15H2,1-2H3;1H. The molecule has 2 aromatic carbocycles. The Morgan fingerprint density at radius 1 is 0.880 bits per heavy atom. The van der Waals surface area contributed by atoms with E-state index < -0.39 is 10.0 Å². The number of aryl methyl sites for hydroxylation is 2. The number of hydrogen-bond donors (Lipinski definition) is 0. The summed E-state index contributed by atoms with van der Waals surface area (Å²) < 4.78 is 27.3. The second-order valence-corrected chi connectivity index (χ2v) is 8.35. The normalized spacial score (nSPS) is 16.4. The van der Waals surface area contributed by atoms with Gasteiger partial charge in [0.15, 0.2) is 0 Å². The van der Waals surface area contributed by atoms with Crippen LogP contribution in [0.1, 0.15) is 16.7 Å². The van der Waals surface area contributed by atoms with E-state index in [9.17, 15) is 8.42 Å². The highest BCUT2D eigenvalue weighted by Gasteiger charge is 2.28. The van der Waals surface area contributed by atoms with Crippen molar-refractivity contribution in [1.82, 2.24) is 9.21 Å². The Kier molecular flexibility index (Phi) is 6.63. The highest BCUT2D eigenvalue weighted by atomic mass is 35.5. The van der Waals surface area contributed by atoms with Crippen LogP contribution in [-0.2, 0) is 16.6 Å². The molecule has 0 saturated carbocycles. The summed E-state index contributed by atoms with van der Waals surface area (Å²) in [5.74, 6) is 0. The molecule has 25 heavy (non-hydrogen) atoms. The quantitative estimate of drug-likeness (QED) is 0.817. The van der Waals surface area contributed by atoms with Crippen LogP contribution < -0.4 is 0 Å². The summed E-state index contributed by atoms with van der Waals surface area (Å²) in [6.07, 6.45) is 0. The van der Waals surface area contributed by atoms with Crippen LogP contribution in [0.2, 0.25) is 0 Å². The molecule has 0 N–H and O–H groups in total. The highest BCUT2D eigenvalue weighted by Crippen LogP contribution is 2.21. The lowest BCUT2D eigenvalue weighted by atomic mass is 10.1. The van der Waals surface area contributed by atoms with E-state index in [-0.39, 0.29) is 12.4 Å². The molecule has 0 bridgehead atoms. The Labute approximate surface area is 156 Å². The largest absolute Gasteiger partial charge is 0.296 e. The van der Waals surface area contributed by atoms with Crippen molar-refractivity contribution in [2.75, 3.05) is 26.2 Å². The van der Waals surface area contributed by atoms with E-state index in [0.717, 1.165) is 30.8 Å². The Hall–Kier alpha value is -1.40. The fourth-order valence-corrected chi connectivity index (χ4v) is 4.50. The molecular weight excluding hydrogens is 356 g/mol. The Morgan fingerprint density at radius 3 is 2.12 bits per heavy atom. The van der Waals surface area contributed by atoms with Crippen LogP contribution in [0.25, 0.3) is 0 Å². The van der Waals surface area contributed by atoms with Gasteiger partial charge in [-0.2, -0.15) is 4.31 Å². The maximum Gasteiger partial charge on any atom is 0.243 e. The van der Waals surface area contributed by atoms with E-state index in [2.05, 4.69) is 17.0 Å². The zero-order valence-electron chi connectivity index (χ0n) is 14.7. The molecule has 0 radical (unpaired) electrons. The van der Waals surface area contributed by atoms with Crippen molar-refractivity contribution in [1.29, 1.82) is 0 Å². The minimum atomic E-state index is -3.39. The molecule has 4 nitrogen and oxygen atoms in total. The van der Waals surface area contributed by atoms with Crippen molar-refractivity contribution >= 4 is 22.4 Å². The number of benzene rings is 2. The van der Waals surface area contributed by atoms with Gasteiger partial charge in [-0.3, -0.25) is 4.90 Å². The third-order valence-corrected chi connectivity index (χ3v) is 6.59. The fraction of sp³-hybridized carbons (Fsp3) is 0.368. The number of hydrogen-bond acceptors (Lipinski definition) is 3. The van der Waals surface area contributed by atoms with Crippen molar-refractivity contribution in [2.45, 2.75) is 25.3 Å². The van der Waals surface area contributed by atoms with Gasteiger partial charge in [-0.25, -0.2) is 8.42 Å². The molecule has 1 heterocycles. The minimum absolute atomic E-state index is 0. The molecule has 0 unspecified atom stereocenters. The van der Waals surface area contributed by atoms with Gasteiger partial charge in [-0.1, -0.05) is 36.4 Å². The molecule has 0 spiro atoms. The van der Waals surface area contributed by atoms with E-state index in [4.69, 9.17) is 0 Å². The molecule has 136 valence electrons. The van der Waals surface area contributed by atoms with Crippen molar-refractivity contribution in [3.8, 4) is 0 Å². The monoisotopic (exact) mass is 380 g/mol. The van der Waals surface area contributed by atoms with Crippen LogP contribution in [0.5, 0.6) is 0 Å². The topological polar surface area (TPSA) is 40.6 Å². The molecule has 6 heteroatoms. The van der Waals surface area contributed by atoms with Crippen molar-refractivity contribution < 1.29 is 8.42 Å². The summed E-state index contributed by atoms with van der Waals surface area (Å²) in [5, 5.41) is 0. The van der Waals surface area contributed by atoms with Gasteiger partial charge < -0.3 is 0 Å². The number of halogens is 1. The maximum atomic E-state index is 12.8. The minimum Gasteiger partial charge on any atom is -0.296 e. The van der Waals surface area contributed by atoms with Crippen LogP contribution in [0, 0.1) is 13.8 Å². The summed E-state index contributed by atoms with van der Waals surface area (Å²) in [6, 6.07) is 15.7. The van der Waals surface area contributed by atoms with Gasteiger partial charge in [0.05, 0.1) is 4.90 Å². The van der Waals surface area contributed by atoms with Crippen LogP contribution in [0.3, 0.4) is 0 Å². The van der Waals surface area contributed by atoms with Gasteiger partial charge in [-0.15, -0.1) is 12.4 Å². The second-order valence-electron chi connectivity index (χ2n) is 6.41. The van der Waals surface area contributed by atoms with Gasteiger partial charge in [0.2, 0.25) is 10.0 Å². The first-order valence-electron chi connectivity index (χ1n) is 8.30. The lowest BCUT2D eigenvalue weighted by molar-refractivity contribution is 0.181. The van der Waals surface area contributed by atoms with Gasteiger partial charge in [-0.05, 0) is 42.7 Å². The highest BCUT2D eigenvalue weighted by molar-refractivity contribution is 7.89. The fourth-order valence-electron chi connectivity index (χ4n) is 2.99. The zero-order valence-corrected chi connectivity index (χ0v) is 16.3. The summed E-state index contributed by atoms with van der Waals surface area (Å²) in [6.45, 7) is 7.43. The molecule has 1 aliphatic heterocycles. The smallest absolute Gasteiger partial charge is 0.243 e. The average Bonchev–Trinajstić information content (AvgIpc) is 2.58. The third-order valence-electron chi connectivity index (χ3n) is 4.70. The van der Waals surface area contributed by atoms with Crippen molar-refractivity contribution in [3.63, 3.8) is 0 Å². The lowest BCUT2D eigenvalue weighted by Gasteiger charge is -2.34. The molecule has 1 aliphatic rings. The van der Waals surface area contributed by atoms with Crippen LogP contribution in [0.15, 0.2) is 53.4 Å². The van der Waals surface area contributed by atoms with E-state index in [0.29, 0.717) is 18.0 Å². The predicted octanol–water partition coefficient (Wildman–Crippen LogP) is 3.23. The van der Waals surface area contributed by atoms with Gasteiger partial charge in [0.1, 0.15) is 0 Å². The van der Waals surface area contributed by atoms with E-state index in [1.54, 1.807) is 16.4 Å². The number of piperazine rings is 1. The van der Waals surface area contributed by atoms with Crippen molar-refractivity contribution in [3.05, 3.63) is 65.2 Å². The Bertz CT molecular complexity index is 801. The van der Waals surface area contributed by atoms with Crippen LogP contribution in [-0.4, -0.2) is 43.8 Å². The molecule has 1 saturated heterocycles. The Morgan fingerprint density at radius 2 is 1.52 bits per heavy atom. The predicted molar refractivity (Wildman–Crippen MR) is 104 cm³/mol. The third kappa shape index (κ3) is 4.61. The molecular formula is C19H25ClN2O2S. The summed E-state index contributed by atoms with van der Waals surface area (Å²) in [7, 11) is -3.39. The maximum absolute atomic E-state index is 12.8. The molecule has 2 aromatic rings. The van der Waals surface area contributed by atoms with Crippen molar-refractivity contribution in [2.24, 2.45) is 0 Å². The van der Waals surface area contributed by atoms with E-state index in [1.807, 2.05) is 38.1 Å². The van der Waals surface area contributed by atoms with Gasteiger partial charge in [0, 0.05) is 32.7 Å². The first-order valence-corrected chi connectivity index (χ1v) is 9.74. The molecule has 0 aromatic heterocycles. The summed E-state index contributed by atoms with van der Waals surface area (Å²) in [4.78, 5) is 2.71. The van der Waals surface area contributed by atoms with Gasteiger partial charge >= 0.3 is 0 Å². The second kappa shape index (κ2) is 8.32. The zero-order chi connectivity index (χ0) is 17.2. The Balaban J connectivity index is 0.00000225. The number of rotatable bonds is 4. The average molecular weight is 381 g/mol. The van der Waals surface area contributed by atoms with E-state index in [1.165, 1.54) is 5.56 Å². The molecule has 0 aliphatic carbocycles. The number of sulfonamides is 1. The molecule has 0 amide bonds. The molecule has 3 rings (SSSR count). The summed E-state index contributed by atoms with van der Waals surface area (Å²) >= 11 is 0. The molecule has 1 fully saturated rings. The lowest BCUT2D eigenvalue weighted by Crippen LogP contribution is -2.48. The summed E-state index contributed by atoms with van der Waals surface area (Å²) in [5.41, 5.74) is 3.39. The molecule has 0 atom stereocenters. The SMILES string of the molecule is Cc1ccc(S(=O)(=O)N2CCN(Cc3ccccc3)CC2)cc1C.Cl. The first kappa shape index (κ1) is 19.9. The van der Waals surface area contributed by atoms with Crippen LogP contribution in [0.4, 0.5) is 0 Å². The van der Waals surface area contributed by atoms with E-state index >= 15 is 0 Å².